The second-order valence-corrected chi connectivity index (χ2v) is 6.07. The van der Waals surface area contributed by atoms with Gasteiger partial charge in [0.1, 0.15) is 0 Å². The lowest BCUT2D eigenvalue weighted by atomic mass is 10.1. The summed E-state index contributed by atoms with van der Waals surface area (Å²) < 4.78 is 1.40. The number of hydrogen-bond donors (Lipinski definition) is 2. The lowest BCUT2D eigenvalue weighted by molar-refractivity contribution is 0.0957. The van der Waals surface area contributed by atoms with E-state index in [1.54, 1.807) is 24.3 Å². The monoisotopic (exact) mass is 350 g/mol. The van der Waals surface area contributed by atoms with Crippen LogP contribution in [0.5, 0.6) is 0 Å². The van der Waals surface area contributed by atoms with E-state index in [1.165, 1.54) is 4.68 Å². The molecule has 0 spiro atoms. The van der Waals surface area contributed by atoms with E-state index in [9.17, 15) is 9.59 Å². The average molecular weight is 350 g/mol. The van der Waals surface area contributed by atoms with Gasteiger partial charge in [0.25, 0.3) is 11.5 Å². The Kier molecular flexibility index (Phi) is 5.63. The molecule has 0 atom stereocenters. The van der Waals surface area contributed by atoms with Gasteiger partial charge < -0.3 is 0 Å². The maximum absolute atomic E-state index is 12.7. The maximum atomic E-state index is 12.7. The van der Waals surface area contributed by atoms with Gasteiger partial charge in [-0.05, 0) is 24.6 Å². The van der Waals surface area contributed by atoms with Gasteiger partial charge in [0.2, 0.25) is 0 Å². The van der Waals surface area contributed by atoms with Crippen molar-refractivity contribution >= 4 is 22.4 Å². The molecule has 3 rings (SSSR count). The van der Waals surface area contributed by atoms with Gasteiger partial charge in [0, 0.05) is 11.9 Å². The Labute approximate surface area is 151 Å². The Morgan fingerprint density at radius 2 is 1.69 bits per heavy atom. The van der Waals surface area contributed by atoms with Crippen molar-refractivity contribution in [2.45, 2.75) is 32.7 Å². The van der Waals surface area contributed by atoms with Crippen molar-refractivity contribution in [1.82, 2.24) is 15.2 Å². The first kappa shape index (κ1) is 17.7. The molecule has 1 amide bonds. The second-order valence-electron chi connectivity index (χ2n) is 6.07. The predicted octanol–water partition coefficient (Wildman–Crippen LogP) is 3.34. The van der Waals surface area contributed by atoms with E-state index < -0.39 is 0 Å². The van der Waals surface area contributed by atoms with Crippen LogP contribution in [0.1, 0.15) is 36.7 Å². The Bertz CT molecular complexity index is 951. The number of para-hydroxylation sites is 1. The van der Waals surface area contributed by atoms with E-state index in [0.717, 1.165) is 24.9 Å². The quantitative estimate of drug-likeness (QED) is 0.506. The van der Waals surface area contributed by atoms with Crippen LogP contribution in [-0.4, -0.2) is 15.7 Å². The molecule has 0 bridgehead atoms. The Balaban J connectivity index is 1.91. The van der Waals surface area contributed by atoms with Gasteiger partial charge in [-0.3, -0.25) is 20.4 Å². The first-order valence-corrected chi connectivity index (χ1v) is 8.82. The standard InChI is InChI=1S/C20H22N4O2/c1-2-3-9-14-24-20(26)17-13-8-7-12-16(17)18(23-24)19(25)22-21-15-10-5-4-6-11-15/h4-8,10-13,21H,2-3,9,14H2,1H3,(H,22,25). The summed E-state index contributed by atoms with van der Waals surface area (Å²) >= 11 is 0. The largest absolute Gasteiger partial charge is 0.298 e. The van der Waals surface area contributed by atoms with Crippen molar-refractivity contribution in [3.05, 3.63) is 70.6 Å². The number of aryl methyl sites for hydroxylation is 1. The molecule has 3 aromatic rings. The third-order valence-electron chi connectivity index (χ3n) is 4.15. The van der Waals surface area contributed by atoms with Gasteiger partial charge >= 0.3 is 0 Å². The molecule has 0 aliphatic carbocycles. The molecule has 0 radical (unpaired) electrons. The highest BCUT2D eigenvalue weighted by Gasteiger charge is 2.16. The lowest BCUT2D eigenvalue weighted by Crippen LogP contribution is -2.33. The number of carbonyl (C=O) groups excluding carboxylic acids is 1. The summed E-state index contributed by atoms with van der Waals surface area (Å²) in [5.74, 6) is -0.380. The molecule has 1 heterocycles. The number of rotatable bonds is 7. The highest BCUT2D eigenvalue weighted by molar-refractivity contribution is 6.05. The highest BCUT2D eigenvalue weighted by atomic mass is 16.2. The Morgan fingerprint density at radius 1 is 1.00 bits per heavy atom. The molecular weight excluding hydrogens is 328 g/mol. The molecule has 0 saturated carbocycles. The van der Waals surface area contributed by atoms with Gasteiger partial charge in [0.05, 0.1) is 11.1 Å². The Hall–Kier alpha value is -3.15. The van der Waals surface area contributed by atoms with Gasteiger partial charge in [-0.1, -0.05) is 56.2 Å². The molecule has 26 heavy (non-hydrogen) atoms. The second kappa shape index (κ2) is 8.29. The van der Waals surface area contributed by atoms with Crippen LogP contribution < -0.4 is 16.4 Å². The van der Waals surface area contributed by atoms with E-state index in [-0.39, 0.29) is 17.2 Å². The predicted molar refractivity (Wildman–Crippen MR) is 103 cm³/mol. The number of nitrogens with one attached hydrogen (secondary N) is 2. The van der Waals surface area contributed by atoms with E-state index >= 15 is 0 Å². The van der Waals surface area contributed by atoms with Crippen LogP contribution in [0.3, 0.4) is 0 Å². The van der Waals surface area contributed by atoms with Crippen LogP contribution in [0, 0.1) is 0 Å². The highest BCUT2D eigenvalue weighted by Crippen LogP contribution is 2.14. The van der Waals surface area contributed by atoms with Crippen LogP contribution >= 0.6 is 0 Å². The van der Waals surface area contributed by atoms with Crippen molar-refractivity contribution in [2.24, 2.45) is 0 Å². The van der Waals surface area contributed by atoms with Crippen molar-refractivity contribution in [1.29, 1.82) is 0 Å². The van der Waals surface area contributed by atoms with Crippen molar-refractivity contribution < 1.29 is 4.79 Å². The minimum atomic E-state index is -0.380. The zero-order chi connectivity index (χ0) is 18.4. The molecule has 0 saturated heterocycles. The molecule has 1 aromatic heterocycles. The summed E-state index contributed by atoms with van der Waals surface area (Å²) in [5, 5.41) is 5.39. The zero-order valence-electron chi connectivity index (χ0n) is 14.7. The summed E-state index contributed by atoms with van der Waals surface area (Å²) in [5.41, 5.74) is 6.36. The summed E-state index contributed by atoms with van der Waals surface area (Å²) in [4.78, 5) is 25.3. The van der Waals surface area contributed by atoms with Crippen molar-refractivity contribution in [3.63, 3.8) is 0 Å². The smallest absolute Gasteiger partial charge is 0.290 e. The fourth-order valence-corrected chi connectivity index (χ4v) is 2.78. The molecule has 134 valence electrons. The SMILES string of the molecule is CCCCCn1nc(C(=O)NNc2ccccc2)c2ccccc2c1=O. The normalized spacial score (nSPS) is 10.7. The number of carbonyl (C=O) groups is 1. The fraction of sp³-hybridized carbons (Fsp3) is 0.250. The van der Waals surface area contributed by atoms with Crippen LogP contribution in [0.2, 0.25) is 0 Å². The first-order valence-electron chi connectivity index (χ1n) is 8.82. The van der Waals surface area contributed by atoms with Crippen LogP contribution in [-0.2, 0) is 6.54 Å². The van der Waals surface area contributed by atoms with Crippen LogP contribution in [0.25, 0.3) is 10.8 Å². The summed E-state index contributed by atoms with van der Waals surface area (Å²) in [6, 6.07) is 16.4. The number of fused-ring (bicyclic) bond motifs is 1. The van der Waals surface area contributed by atoms with Crippen molar-refractivity contribution in [3.8, 4) is 0 Å². The minimum Gasteiger partial charge on any atom is -0.298 e. The summed E-state index contributed by atoms with van der Waals surface area (Å²) in [6.45, 7) is 2.61. The summed E-state index contributed by atoms with van der Waals surface area (Å²) in [6.07, 6.45) is 2.92. The number of amides is 1. The van der Waals surface area contributed by atoms with Gasteiger partial charge in [-0.15, -0.1) is 0 Å². The molecule has 0 aliphatic rings. The average Bonchev–Trinajstić information content (AvgIpc) is 2.69. The van der Waals surface area contributed by atoms with Gasteiger partial charge in [-0.2, -0.15) is 5.10 Å². The topological polar surface area (TPSA) is 76.0 Å². The summed E-state index contributed by atoms with van der Waals surface area (Å²) in [7, 11) is 0. The van der Waals surface area contributed by atoms with Crippen LogP contribution in [0.4, 0.5) is 5.69 Å². The van der Waals surface area contributed by atoms with Gasteiger partial charge in [0.15, 0.2) is 5.69 Å². The van der Waals surface area contributed by atoms with E-state index in [2.05, 4.69) is 22.9 Å². The van der Waals surface area contributed by atoms with E-state index in [1.807, 2.05) is 30.3 Å². The third kappa shape index (κ3) is 3.91. The van der Waals surface area contributed by atoms with Crippen LogP contribution in [0.15, 0.2) is 59.4 Å². The molecule has 2 N–H and O–H groups in total. The number of anilines is 1. The number of unbranched alkanes of at least 4 members (excludes halogenated alkanes) is 2. The lowest BCUT2D eigenvalue weighted by Gasteiger charge is -2.12. The first-order chi connectivity index (χ1) is 12.7. The fourth-order valence-electron chi connectivity index (χ4n) is 2.78. The number of nitrogens with zero attached hydrogens (tertiary/aromatic N) is 2. The number of hydrazine groups is 1. The van der Waals surface area contributed by atoms with E-state index in [4.69, 9.17) is 0 Å². The van der Waals surface area contributed by atoms with Crippen molar-refractivity contribution in [2.75, 3.05) is 5.43 Å². The minimum absolute atomic E-state index is 0.163. The molecule has 0 aliphatic heterocycles. The molecule has 0 fully saturated rings. The molecule has 6 nitrogen and oxygen atoms in total. The number of hydrogen-bond acceptors (Lipinski definition) is 4. The molecule has 2 aromatic carbocycles. The number of aromatic nitrogens is 2. The molecule has 6 heteroatoms. The Morgan fingerprint density at radius 3 is 2.42 bits per heavy atom. The zero-order valence-corrected chi connectivity index (χ0v) is 14.7. The maximum Gasteiger partial charge on any atom is 0.290 e. The number of benzene rings is 2. The van der Waals surface area contributed by atoms with E-state index in [0.29, 0.717) is 17.3 Å². The third-order valence-corrected chi connectivity index (χ3v) is 4.15. The molecular formula is C20H22N4O2. The van der Waals surface area contributed by atoms with Gasteiger partial charge in [-0.25, -0.2) is 4.68 Å². The molecule has 0 unspecified atom stereocenters.